The van der Waals surface area contributed by atoms with Crippen LogP contribution < -0.4 is 5.32 Å². The fourth-order valence-electron chi connectivity index (χ4n) is 2.39. The molecule has 1 fully saturated rings. The van der Waals surface area contributed by atoms with Crippen LogP contribution in [0.1, 0.15) is 33.1 Å². The summed E-state index contributed by atoms with van der Waals surface area (Å²) in [6.07, 6.45) is 3.15. The van der Waals surface area contributed by atoms with Crippen molar-refractivity contribution in [2.45, 2.75) is 39.2 Å². The van der Waals surface area contributed by atoms with E-state index in [4.69, 9.17) is 0 Å². The second-order valence-electron chi connectivity index (χ2n) is 5.35. The number of nitrogens with one attached hydrogen (secondary N) is 1. The van der Waals surface area contributed by atoms with Gasteiger partial charge in [0.05, 0.1) is 5.69 Å². The summed E-state index contributed by atoms with van der Waals surface area (Å²) in [6.45, 7) is 4.41. The molecule has 1 aromatic carbocycles. The maximum absolute atomic E-state index is 13.4. The molecule has 1 aliphatic rings. The molecule has 1 aromatic rings. The van der Waals surface area contributed by atoms with E-state index in [-0.39, 0.29) is 11.7 Å². The van der Waals surface area contributed by atoms with Gasteiger partial charge in [-0.1, -0.05) is 19.9 Å². The number of hydrogen-bond donors (Lipinski definition) is 1. The Morgan fingerprint density at radius 2 is 2.06 bits per heavy atom. The lowest BCUT2D eigenvalue weighted by Gasteiger charge is -2.18. The molecule has 0 heterocycles. The van der Waals surface area contributed by atoms with E-state index in [0.29, 0.717) is 5.41 Å². The predicted octanol–water partition coefficient (Wildman–Crippen LogP) is 3.96. The third-order valence-electron chi connectivity index (χ3n) is 3.28. The molecule has 0 spiro atoms. The molecule has 1 saturated carbocycles. The Hall–Kier alpha value is -1.12. The summed E-state index contributed by atoms with van der Waals surface area (Å²) in [6, 6.07) is 4.51. The molecule has 0 amide bonds. The normalized spacial score (nSPS) is 23.4. The highest BCUT2D eigenvalue weighted by Crippen LogP contribution is 2.38. The molecule has 88 valence electrons. The molecule has 1 aliphatic carbocycles. The van der Waals surface area contributed by atoms with Crippen LogP contribution in [0.2, 0.25) is 0 Å². The smallest absolute Gasteiger partial charge is 0.181 e. The minimum Gasteiger partial charge on any atom is -0.380 e. The van der Waals surface area contributed by atoms with Crippen LogP contribution in [-0.2, 0) is 0 Å². The first-order valence-electron chi connectivity index (χ1n) is 5.68. The predicted molar refractivity (Wildman–Crippen MR) is 61.4 cm³/mol. The van der Waals surface area contributed by atoms with Gasteiger partial charge in [-0.05, 0) is 36.8 Å². The summed E-state index contributed by atoms with van der Waals surface area (Å²) in [5.41, 5.74) is 0.587. The van der Waals surface area contributed by atoms with Crippen molar-refractivity contribution < 1.29 is 8.78 Å². The zero-order valence-electron chi connectivity index (χ0n) is 9.69. The molecule has 2 rings (SSSR count). The van der Waals surface area contributed by atoms with E-state index in [1.54, 1.807) is 6.07 Å². The Kier molecular flexibility index (Phi) is 2.87. The van der Waals surface area contributed by atoms with E-state index in [9.17, 15) is 8.78 Å². The van der Waals surface area contributed by atoms with Crippen LogP contribution in [0.4, 0.5) is 14.5 Å². The molecule has 3 heteroatoms. The zero-order valence-corrected chi connectivity index (χ0v) is 9.69. The molecule has 1 atom stereocenters. The van der Waals surface area contributed by atoms with Gasteiger partial charge in [-0.2, -0.15) is 0 Å². The number of halogens is 2. The number of hydrogen-bond acceptors (Lipinski definition) is 1. The van der Waals surface area contributed by atoms with Gasteiger partial charge in [-0.3, -0.25) is 0 Å². The summed E-state index contributed by atoms with van der Waals surface area (Å²) in [4.78, 5) is 0. The van der Waals surface area contributed by atoms with Crippen molar-refractivity contribution in [3.63, 3.8) is 0 Å². The third-order valence-corrected chi connectivity index (χ3v) is 3.28. The van der Waals surface area contributed by atoms with Gasteiger partial charge >= 0.3 is 0 Å². The first-order valence-corrected chi connectivity index (χ1v) is 5.68. The molecule has 0 radical (unpaired) electrons. The molecule has 0 aliphatic heterocycles. The third kappa shape index (κ3) is 2.34. The molecule has 0 saturated heterocycles. The maximum Gasteiger partial charge on any atom is 0.181 e. The Balaban J connectivity index is 2.08. The summed E-state index contributed by atoms with van der Waals surface area (Å²) in [7, 11) is 0. The van der Waals surface area contributed by atoms with E-state index >= 15 is 0 Å². The monoisotopic (exact) mass is 225 g/mol. The molecular weight excluding hydrogens is 208 g/mol. The lowest BCUT2D eigenvalue weighted by atomic mass is 9.92. The van der Waals surface area contributed by atoms with Crippen LogP contribution >= 0.6 is 0 Å². The molecular formula is C13H17F2N. The first-order chi connectivity index (χ1) is 7.48. The fourth-order valence-corrected chi connectivity index (χ4v) is 2.39. The average molecular weight is 225 g/mol. The lowest BCUT2D eigenvalue weighted by molar-refractivity contribution is 0.378. The molecule has 1 nitrogen and oxygen atoms in total. The topological polar surface area (TPSA) is 12.0 Å². The van der Waals surface area contributed by atoms with Gasteiger partial charge < -0.3 is 5.32 Å². The average Bonchev–Trinajstić information content (AvgIpc) is 2.53. The largest absolute Gasteiger partial charge is 0.380 e. The molecule has 16 heavy (non-hydrogen) atoms. The SMILES string of the molecule is CC1(C)CCC(Nc2cccc(F)c2F)C1. The van der Waals surface area contributed by atoms with Crippen molar-refractivity contribution in [2.75, 3.05) is 5.32 Å². The highest BCUT2D eigenvalue weighted by atomic mass is 19.2. The summed E-state index contributed by atoms with van der Waals surface area (Å²) in [5, 5.41) is 3.09. The van der Waals surface area contributed by atoms with Gasteiger partial charge in [-0.25, -0.2) is 8.78 Å². The lowest BCUT2D eigenvalue weighted by Crippen LogP contribution is -2.18. The van der Waals surface area contributed by atoms with Crippen molar-refractivity contribution in [2.24, 2.45) is 5.41 Å². The molecule has 0 aromatic heterocycles. The van der Waals surface area contributed by atoms with E-state index in [1.165, 1.54) is 6.07 Å². The Morgan fingerprint density at radius 3 is 2.69 bits per heavy atom. The van der Waals surface area contributed by atoms with Gasteiger partial charge in [-0.15, -0.1) is 0 Å². The van der Waals surface area contributed by atoms with Crippen LogP contribution in [0.15, 0.2) is 18.2 Å². The standard InChI is InChI=1S/C13H17F2N/c1-13(2)7-6-9(8-13)16-11-5-3-4-10(14)12(11)15/h3-5,9,16H,6-8H2,1-2H3. The van der Waals surface area contributed by atoms with Crippen molar-refractivity contribution in [3.8, 4) is 0 Å². The Labute approximate surface area is 94.9 Å². The number of benzene rings is 1. The minimum absolute atomic E-state index is 0.256. The van der Waals surface area contributed by atoms with Gasteiger partial charge in [0.25, 0.3) is 0 Å². The first kappa shape index (κ1) is 11.4. The van der Waals surface area contributed by atoms with Crippen LogP contribution in [0.3, 0.4) is 0 Å². The number of rotatable bonds is 2. The molecule has 0 bridgehead atoms. The zero-order chi connectivity index (χ0) is 11.8. The Bertz CT molecular complexity index is 388. The highest BCUT2D eigenvalue weighted by molar-refractivity contribution is 5.46. The van der Waals surface area contributed by atoms with E-state index in [1.807, 2.05) is 0 Å². The second kappa shape index (κ2) is 4.04. The van der Waals surface area contributed by atoms with Crippen molar-refractivity contribution >= 4 is 5.69 Å². The van der Waals surface area contributed by atoms with Gasteiger partial charge in [0.1, 0.15) is 0 Å². The fraction of sp³-hybridized carbons (Fsp3) is 0.538. The summed E-state index contributed by atoms with van der Waals surface area (Å²) in [5.74, 6) is -1.56. The van der Waals surface area contributed by atoms with Crippen LogP contribution in [0, 0.1) is 17.0 Å². The Morgan fingerprint density at radius 1 is 1.31 bits per heavy atom. The van der Waals surface area contributed by atoms with Crippen molar-refractivity contribution in [1.29, 1.82) is 0 Å². The second-order valence-corrected chi connectivity index (χ2v) is 5.35. The summed E-state index contributed by atoms with van der Waals surface area (Å²) >= 11 is 0. The van der Waals surface area contributed by atoms with Crippen LogP contribution in [0.25, 0.3) is 0 Å². The van der Waals surface area contributed by atoms with Gasteiger partial charge in [0.15, 0.2) is 11.6 Å². The van der Waals surface area contributed by atoms with Gasteiger partial charge in [0.2, 0.25) is 0 Å². The molecule has 1 unspecified atom stereocenters. The highest BCUT2D eigenvalue weighted by Gasteiger charge is 2.31. The van der Waals surface area contributed by atoms with E-state index < -0.39 is 11.6 Å². The quantitative estimate of drug-likeness (QED) is 0.803. The van der Waals surface area contributed by atoms with Crippen molar-refractivity contribution in [1.82, 2.24) is 0 Å². The van der Waals surface area contributed by atoms with Crippen molar-refractivity contribution in [3.05, 3.63) is 29.8 Å². The van der Waals surface area contributed by atoms with Crippen LogP contribution in [-0.4, -0.2) is 6.04 Å². The summed E-state index contributed by atoms with van der Waals surface area (Å²) < 4.78 is 26.4. The van der Waals surface area contributed by atoms with E-state index in [0.717, 1.165) is 25.3 Å². The van der Waals surface area contributed by atoms with Gasteiger partial charge in [0, 0.05) is 6.04 Å². The molecule has 1 N–H and O–H groups in total. The van der Waals surface area contributed by atoms with Crippen LogP contribution in [0.5, 0.6) is 0 Å². The van der Waals surface area contributed by atoms with E-state index in [2.05, 4.69) is 19.2 Å². The maximum atomic E-state index is 13.4. The number of anilines is 1. The minimum atomic E-state index is -0.790.